The largest absolute Gasteiger partial charge is 0.381 e. The van der Waals surface area contributed by atoms with E-state index in [-0.39, 0.29) is 5.54 Å². The number of nitrogens with zero attached hydrogens (tertiary/aromatic N) is 3. The summed E-state index contributed by atoms with van der Waals surface area (Å²) >= 11 is 0. The fraction of sp³-hybridized carbons (Fsp3) is 0.750. The van der Waals surface area contributed by atoms with E-state index < -0.39 is 0 Å². The van der Waals surface area contributed by atoms with Gasteiger partial charge in [-0.3, -0.25) is 9.58 Å². The first-order valence-electron chi connectivity index (χ1n) is 6.13. The minimum atomic E-state index is 0.0914. The van der Waals surface area contributed by atoms with Gasteiger partial charge in [0.1, 0.15) is 0 Å². The van der Waals surface area contributed by atoms with Crippen molar-refractivity contribution >= 4 is 0 Å². The van der Waals surface area contributed by atoms with Crippen LogP contribution < -0.4 is 5.73 Å². The topological polar surface area (TPSA) is 56.3 Å². The lowest BCUT2D eigenvalue weighted by molar-refractivity contribution is -0.0163. The van der Waals surface area contributed by atoms with E-state index in [4.69, 9.17) is 10.5 Å². The second-order valence-electron chi connectivity index (χ2n) is 4.92. The minimum absolute atomic E-state index is 0.0914. The summed E-state index contributed by atoms with van der Waals surface area (Å²) in [6, 6.07) is 0. The molecule has 2 N–H and O–H groups in total. The third-order valence-corrected chi connectivity index (χ3v) is 3.79. The van der Waals surface area contributed by atoms with Gasteiger partial charge in [0.05, 0.1) is 6.20 Å². The summed E-state index contributed by atoms with van der Waals surface area (Å²) in [5, 5.41) is 4.20. The van der Waals surface area contributed by atoms with Crippen molar-refractivity contribution in [2.75, 3.05) is 26.8 Å². The van der Waals surface area contributed by atoms with E-state index in [2.05, 4.69) is 23.2 Å². The molecule has 0 spiro atoms. The van der Waals surface area contributed by atoms with Crippen molar-refractivity contribution in [1.82, 2.24) is 14.7 Å². The van der Waals surface area contributed by atoms with Crippen LogP contribution in [0, 0.1) is 0 Å². The van der Waals surface area contributed by atoms with Gasteiger partial charge >= 0.3 is 0 Å². The number of ether oxygens (including phenoxy) is 1. The van der Waals surface area contributed by atoms with Crippen LogP contribution in [0.3, 0.4) is 0 Å². The van der Waals surface area contributed by atoms with Gasteiger partial charge < -0.3 is 10.5 Å². The Balaban J connectivity index is 2.04. The molecule has 2 heterocycles. The van der Waals surface area contributed by atoms with Crippen molar-refractivity contribution in [3.05, 3.63) is 18.0 Å². The zero-order valence-corrected chi connectivity index (χ0v) is 10.7. The maximum absolute atomic E-state index is 5.98. The molecule has 5 nitrogen and oxygen atoms in total. The number of rotatable bonds is 4. The highest BCUT2D eigenvalue weighted by Crippen LogP contribution is 2.27. The molecule has 1 saturated heterocycles. The number of hydrogen-bond acceptors (Lipinski definition) is 4. The monoisotopic (exact) mass is 238 g/mol. The number of nitrogens with two attached hydrogens (primary N) is 1. The van der Waals surface area contributed by atoms with Crippen LogP contribution in [0.1, 0.15) is 18.4 Å². The van der Waals surface area contributed by atoms with Crippen LogP contribution in [0.15, 0.2) is 12.4 Å². The molecule has 1 fully saturated rings. The smallest absolute Gasteiger partial charge is 0.0534 e. The Hall–Kier alpha value is -0.910. The Morgan fingerprint density at radius 2 is 2.24 bits per heavy atom. The van der Waals surface area contributed by atoms with Gasteiger partial charge in [-0.15, -0.1) is 0 Å². The van der Waals surface area contributed by atoms with Crippen molar-refractivity contribution in [1.29, 1.82) is 0 Å². The summed E-state index contributed by atoms with van der Waals surface area (Å²) in [5.74, 6) is 0. The summed E-state index contributed by atoms with van der Waals surface area (Å²) in [6.45, 7) is 3.21. The molecule has 1 aliphatic heterocycles. The summed E-state index contributed by atoms with van der Waals surface area (Å²) < 4.78 is 7.27. The van der Waals surface area contributed by atoms with E-state index in [1.54, 1.807) is 0 Å². The quantitative estimate of drug-likeness (QED) is 0.823. The summed E-state index contributed by atoms with van der Waals surface area (Å²) in [5.41, 5.74) is 7.30. The van der Waals surface area contributed by atoms with Crippen LogP contribution >= 0.6 is 0 Å². The fourth-order valence-corrected chi connectivity index (χ4v) is 2.49. The standard InChI is InChI=1S/C12H22N4O/c1-15(8-11-7-14-16(2)9-11)12(10-13)3-5-17-6-4-12/h7,9H,3-6,8,10,13H2,1-2H3. The number of aromatic nitrogens is 2. The van der Waals surface area contributed by atoms with Crippen LogP contribution in [-0.4, -0.2) is 47.0 Å². The van der Waals surface area contributed by atoms with E-state index in [1.165, 1.54) is 5.56 Å². The zero-order chi connectivity index (χ0) is 12.3. The average molecular weight is 238 g/mol. The average Bonchev–Trinajstić information content (AvgIpc) is 2.75. The van der Waals surface area contributed by atoms with Crippen molar-refractivity contribution < 1.29 is 4.74 Å². The molecule has 1 aromatic rings. The molecule has 1 aliphatic rings. The van der Waals surface area contributed by atoms with Gasteiger partial charge in [-0.05, 0) is 19.9 Å². The molecular formula is C12H22N4O. The lowest BCUT2D eigenvalue weighted by Gasteiger charge is -2.43. The Bertz CT molecular complexity index is 357. The predicted molar refractivity (Wildman–Crippen MR) is 66.5 cm³/mol. The van der Waals surface area contributed by atoms with E-state index in [0.717, 1.165) is 32.6 Å². The Morgan fingerprint density at radius 1 is 1.53 bits per heavy atom. The normalized spacial score (nSPS) is 19.8. The first-order chi connectivity index (χ1) is 8.16. The summed E-state index contributed by atoms with van der Waals surface area (Å²) in [6.07, 6.45) is 6.00. The molecule has 96 valence electrons. The minimum Gasteiger partial charge on any atom is -0.381 e. The van der Waals surface area contributed by atoms with Crippen molar-refractivity contribution in [3.8, 4) is 0 Å². The number of likely N-dealkylation sites (N-methyl/N-ethyl adjacent to an activating group) is 1. The summed E-state index contributed by atoms with van der Waals surface area (Å²) in [7, 11) is 4.09. The van der Waals surface area contributed by atoms with Crippen LogP contribution in [0.5, 0.6) is 0 Å². The van der Waals surface area contributed by atoms with Gasteiger partial charge in [0.25, 0.3) is 0 Å². The van der Waals surface area contributed by atoms with Gasteiger partial charge in [0, 0.05) is 50.7 Å². The number of hydrogen-bond donors (Lipinski definition) is 1. The molecule has 0 saturated carbocycles. The Labute approximate surface area is 103 Å². The Kier molecular flexibility index (Phi) is 3.81. The van der Waals surface area contributed by atoms with Crippen LogP contribution in [0.4, 0.5) is 0 Å². The lowest BCUT2D eigenvalue weighted by atomic mass is 9.88. The SMILES string of the molecule is CN(Cc1cnn(C)c1)C1(CN)CCOCC1. The predicted octanol–water partition coefficient (Wildman–Crippen LogP) is 0.360. The summed E-state index contributed by atoms with van der Waals surface area (Å²) in [4.78, 5) is 2.35. The van der Waals surface area contributed by atoms with Crippen molar-refractivity contribution in [3.63, 3.8) is 0 Å². The van der Waals surface area contributed by atoms with Crippen molar-refractivity contribution in [2.24, 2.45) is 12.8 Å². The highest BCUT2D eigenvalue weighted by molar-refractivity contribution is 5.05. The van der Waals surface area contributed by atoms with Gasteiger partial charge in [0.15, 0.2) is 0 Å². The first-order valence-corrected chi connectivity index (χ1v) is 6.13. The molecule has 0 amide bonds. The lowest BCUT2D eigenvalue weighted by Crippen LogP contribution is -2.54. The van der Waals surface area contributed by atoms with Gasteiger partial charge in [0.2, 0.25) is 0 Å². The van der Waals surface area contributed by atoms with E-state index >= 15 is 0 Å². The molecule has 0 aliphatic carbocycles. The van der Waals surface area contributed by atoms with Crippen LogP contribution in [0.2, 0.25) is 0 Å². The van der Waals surface area contributed by atoms with E-state index in [1.807, 2.05) is 17.9 Å². The molecule has 17 heavy (non-hydrogen) atoms. The molecule has 1 aromatic heterocycles. The molecule has 5 heteroatoms. The zero-order valence-electron chi connectivity index (χ0n) is 10.7. The molecule has 0 radical (unpaired) electrons. The second-order valence-corrected chi connectivity index (χ2v) is 4.92. The fourth-order valence-electron chi connectivity index (χ4n) is 2.49. The third kappa shape index (κ3) is 2.68. The maximum atomic E-state index is 5.98. The van der Waals surface area contributed by atoms with Crippen LogP contribution in [0.25, 0.3) is 0 Å². The molecule has 0 atom stereocenters. The molecule has 0 bridgehead atoms. The first kappa shape index (κ1) is 12.5. The third-order valence-electron chi connectivity index (χ3n) is 3.79. The van der Waals surface area contributed by atoms with E-state index in [0.29, 0.717) is 6.54 Å². The maximum Gasteiger partial charge on any atom is 0.0534 e. The second kappa shape index (κ2) is 5.16. The molecular weight excluding hydrogens is 216 g/mol. The highest BCUT2D eigenvalue weighted by Gasteiger charge is 2.35. The molecule has 0 unspecified atom stereocenters. The van der Waals surface area contributed by atoms with E-state index in [9.17, 15) is 0 Å². The van der Waals surface area contributed by atoms with Gasteiger partial charge in [-0.25, -0.2) is 0 Å². The highest BCUT2D eigenvalue weighted by atomic mass is 16.5. The molecule has 2 rings (SSSR count). The van der Waals surface area contributed by atoms with Crippen molar-refractivity contribution in [2.45, 2.75) is 24.9 Å². The number of aryl methyl sites for hydroxylation is 1. The van der Waals surface area contributed by atoms with Gasteiger partial charge in [-0.2, -0.15) is 5.10 Å². The van der Waals surface area contributed by atoms with Crippen LogP contribution in [-0.2, 0) is 18.3 Å². The van der Waals surface area contributed by atoms with Gasteiger partial charge in [-0.1, -0.05) is 0 Å². The molecule has 0 aromatic carbocycles. The Morgan fingerprint density at radius 3 is 2.76 bits per heavy atom.